The first kappa shape index (κ1) is 15.6. The van der Waals surface area contributed by atoms with Crippen LogP contribution in [-0.4, -0.2) is 43.9 Å². The van der Waals surface area contributed by atoms with Gasteiger partial charge in [0.25, 0.3) is 0 Å². The lowest BCUT2D eigenvalue weighted by Gasteiger charge is -2.17. The van der Waals surface area contributed by atoms with E-state index in [4.69, 9.17) is 19.3 Å². The van der Waals surface area contributed by atoms with Crippen molar-refractivity contribution in [2.75, 3.05) is 20.8 Å². The van der Waals surface area contributed by atoms with Gasteiger partial charge in [-0.15, -0.1) is 0 Å². The van der Waals surface area contributed by atoms with Gasteiger partial charge in [0.15, 0.2) is 17.5 Å². The summed E-state index contributed by atoms with van der Waals surface area (Å²) in [6, 6.07) is 3.88. The molecule has 0 aliphatic heterocycles. The highest BCUT2D eigenvalue weighted by atomic mass is 16.5. The number of aliphatic carboxylic acids is 1. The summed E-state index contributed by atoms with van der Waals surface area (Å²) < 4.78 is 15.7. The number of para-hydroxylation sites is 1. The maximum atomic E-state index is 11.0. The standard InChI is InChI=1S/C13H17NO6/c1-8(15)14-9(13(16)17)7-20-12-10(18-2)5-4-6-11(12)19-3/h4-6,9H,7H2,1-3H3,(H,14,15)(H,16,17). The lowest BCUT2D eigenvalue weighted by atomic mass is 10.2. The molecule has 0 saturated heterocycles. The molecule has 2 N–H and O–H groups in total. The van der Waals surface area contributed by atoms with Gasteiger partial charge in [-0.25, -0.2) is 4.79 Å². The fourth-order valence-electron chi connectivity index (χ4n) is 1.55. The molecule has 0 fully saturated rings. The number of ether oxygens (including phenoxy) is 3. The van der Waals surface area contributed by atoms with Crippen LogP contribution in [0.25, 0.3) is 0 Å². The van der Waals surface area contributed by atoms with Crippen molar-refractivity contribution in [1.82, 2.24) is 5.32 Å². The van der Waals surface area contributed by atoms with Crippen LogP contribution in [0.5, 0.6) is 17.2 Å². The summed E-state index contributed by atoms with van der Waals surface area (Å²) in [5, 5.41) is 11.3. The molecule has 1 aromatic carbocycles. The third kappa shape index (κ3) is 4.04. The van der Waals surface area contributed by atoms with Gasteiger partial charge in [-0.1, -0.05) is 6.07 Å². The van der Waals surface area contributed by atoms with Gasteiger partial charge in [-0.3, -0.25) is 4.79 Å². The van der Waals surface area contributed by atoms with E-state index in [2.05, 4.69) is 5.32 Å². The highest BCUT2D eigenvalue weighted by Gasteiger charge is 2.21. The Morgan fingerprint density at radius 2 is 1.80 bits per heavy atom. The van der Waals surface area contributed by atoms with E-state index in [-0.39, 0.29) is 12.4 Å². The molecule has 7 nitrogen and oxygen atoms in total. The van der Waals surface area contributed by atoms with Gasteiger partial charge in [-0.2, -0.15) is 0 Å². The average Bonchev–Trinajstić information content (AvgIpc) is 2.42. The molecule has 1 rings (SSSR count). The summed E-state index contributed by atoms with van der Waals surface area (Å²) in [6.45, 7) is 0.991. The summed E-state index contributed by atoms with van der Waals surface area (Å²) >= 11 is 0. The van der Waals surface area contributed by atoms with Gasteiger partial charge in [-0.05, 0) is 12.1 Å². The number of carbonyl (C=O) groups is 2. The second-order valence-corrected chi connectivity index (χ2v) is 3.89. The van der Waals surface area contributed by atoms with E-state index in [1.165, 1.54) is 21.1 Å². The van der Waals surface area contributed by atoms with Crippen LogP contribution in [0.1, 0.15) is 6.92 Å². The highest BCUT2D eigenvalue weighted by molar-refractivity contribution is 5.82. The molecule has 0 saturated carbocycles. The number of carboxylic acids is 1. The predicted molar refractivity (Wildman–Crippen MR) is 70.3 cm³/mol. The van der Waals surface area contributed by atoms with Crippen LogP contribution in [0.4, 0.5) is 0 Å². The lowest BCUT2D eigenvalue weighted by molar-refractivity contribution is -0.142. The number of nitrogens with one attached hydrogen (secondary N) is 1. The van der Waals surface area contributed by atoms with Gasteiger partial charge < -0.3 is 24.6 Å². The molecule has 0 bridgehead atoms. The summed E-state index contributed by atoms with van der Waals surface area (Å²) in [6.07, 6.45) is 0. The average molecular weight is 283 g/mol. The zero-order chi connectivity index (χ0) is 15.1. The minimum Gasteiger partial charge on any atom is -0.493 e. The Balaban J connectivity index is 2.86. The number of hydrogen-bond acceptors (Lipinski definition) is 5. The van der Waals surface area contributed by atoms with Crippen LogP contribution in [-0.2, 0) is 9.59 Å². The second-order valence-electron chi connectivity index (χ2n) is 3.89. The minimum absolute atomic E-state index is 0.244. The quantitative estimate of drug-likeness (QED) is 0.764. The van der Waals surface area contributed by atoms with Gasteiger partial charge in [0, 0.05) is 6.92 Å². The van der Waals surface area contributed by atoms with E-state index < -0.39 is 17.9 Å². The summed E-state index contributed by atoms with van der Waals surface area (Å²) in [7, 11) is 2.92. The smallest absolute Gasteiger partial charge is 0.329 e. The van der Waals surface area contributed by atoms with Crippen molar-refractivity contribution in [2.45, 2.75) is 13.0 Å². The molecule has 0 radical (unpaired) electrons. The third-order valence-corrected chi connectivity index (χ3v) is 2.45. The molecular formula is C13H17NO6. The van der Waals surface area contributed by atoms with Crippen LogP contribution in [0.15, 0.2) is 18.2 Å². The first-order chi connectivity index (χ1) is 9.49. The van der Waals surface area contributed by atoms with Crippen LogP contribution in [0.2, 0.25) is 0 Å². The number of carbonyl (C=O) groups excluding carboxylic acids is 1. The highest BCUT2D eigenvalue weighted by Crippen LogP contribution is 2.36. The molecule has 20 heavy (non-hydrogen) atoms. The van der Waals surface area contributed by atoms with Crippen molar-refractivity contribution >= 4 is 11.9 Å². The Bertz CT molecular complexity index is 465. The first-order valence-electron chi connectivity index (χ1n) is 5.83. The maximum Gasteiger partial charge on any atom is 0.329 e. The van der Waals surface area contributed by atoms with E-state index in [1.54, 1.807) is 18.2 Å². The number of benzene rings is 1. The van der Waals surface area contributed by atoms with E-state index in [0.717, 1.165) is 0 Å². The fraction of sp³-hybridized carbons (Fsp3) is 0.385. The van der Waals surface area contributed by atoms with Crippen LogP contribution < -0.4 is 19.5 Å². The van der Waals surface area contributed by atoms with Crippen molar-refractivity contribution in [3.63, 3.8) is 0 Å². The molecule has 7 heteroatoms. The zero-order valence-corrected chi connectivity index (χ0v) is 11.5. The molecular weight excluding hydrogens is 266 g/mol. The molecule has 0 aliphatic carbocycles. The summed E-state index contributed by atoms with van der Waals surface area (Å²) in [5.41, 5.74) is 0. The normalized spacial score (nSPS) is 11.3. The second kappa shape index (κ2) is 7.22. The van der Waals surface area contributed by atoms with Crippen LogP contribution in [0.3, 0.4) is 0 Å². The van der Waals surface area contributed by atoms with Gasteiger partial charge in [0.2, 0.25) is 11.7 Å². The van der Waals surface area contributed by atoms with E-state index in [0.29, 0.717) is 11.5 Å². The maximum absolute atomic E-state index is 11.0. The Morgan fingerprint density at radius 1 is 1.25 bits per heavy atom. The largest absolute Gasteiger partial charge is 0.493 e. The topological polar surface area (TPSA) is 94.1 Å². The Hall–Kier alpha value is -2.44. The number of hydrogen-bond donors (Lipinski definition) is 2. The summed E-state index contributed by atoms with van der Waals surface area (Å²) in [5.74, 6) is -0.524. The summed E-state index contributed by atoms with van der Waals surface area (Å²) in [4.78, 5) is 21.9. The monoisotopic (exact) mass is 283 g/mol. The molecule has 0 heterocycles. The van der Waals surface area contributed by atoms with E-state index in [9.17, 15) is 9.59 Å². The number of methoxy groups -OCH3 is 2. The number of amides is 1. The molecule has 1 amide bonds. The SMILES string of the molecule is COc1cccc(OC)c1OCC(NC(C)=O)C(=O)O. The van der Waals surface area contributed by atoms with Crippen molar-refractivity contribution < 1.29 is 28.9 Å². The number of rotatable bonds is 7. The zero-order valence-electron chi connectivity index (χ0n) is 11.5. The van der Waals surface area contributed by atoms with Gasteiger partial charge >= 0.3 is 5.97 Å². The third-order valence-electron chi connectivity index (χ3n) is 2.45. The van der Waals surface area contributed by atoms with Gasteiger partial charge in [0.05, 0.1) is 14.2 Å². The van der Waals surface area contributed by atoms with Crippen molar-refractivity contribution in [1.29, 1.82) is 0 Å². The molecule has 1 unspecified atom stereocenters. The predicted octanol–water partition coefficient (Wildman–Crippen LogP) is 0.672. The van der Waals surface area contributed by atoms with Crippen LogP contribution in [0, 0.1) is 0 Å². The Kier molecular flexibility index (Phi) is 5.64. The Morgan fingerprint density at radius 3 is 2.20 bits per heavy atom. The van der Waals surface area contributed by atoms with Crippen molar-refractivity contribution in [3.8, 4) is 17.2 Å². The van der Waals surface area contributed by atoms with Crippen molar-refractivity contribution in [3.05, 3.63) is 18.2 Å². The minimum atomic E-state index is -1.19. The molecule has 1 aromatic rings. The lowest BCUT2D eigenvalue weighted by Crippen LogP contribution is -2.43. The van der Waals surface area contributed by atoms with Gasteiger partial charge in [0.1, 0.15) is 6.61 Å². The molecule has 0 aliphatic rings. The molecule has 0 spiro atoms. The molecule has 110 valence electrons. The van der Waals surface area contributed by atoms with E-state index >= 15 is 0 Å². The fourth-order valence-corrected chi connectivity index (χ4v) is 1.55. The van der Waals surface area contributed by atoms with Crippen molar-refractivity contribution in [2.24, 2.45) is 0 Å². The van der Waals surface area contributed by atoms with Crippen LogP contribution >= 0.6 is 0 Å². The van der Waals surface area contributed by atoms with E-state index in [1.807, 2.05) is 0 Å². The molecule has 0 aromatic heterocycles. The first-order valence-corrected chi connectivity index (χ1v) is 5.83. The molecule has 1 atom stereocenters. The Labute approximate surface area is 116 Å². The number of carboxylic acid groups (broad SMARTS) is 1.